The highest BCUT2D eigenvalue weighted by Crippen LogP contribution is 2.41. The molecular formula is C14H18O3. The summed E-state index contributed by atoms with van der Waals surface area (Å²) in [5.41, 5.74) is 2.73. The largest absolute Gasteiger partial charge is 0.486 e. The predicted molar refractivity (Wildman–Crippen MR) is 64.8 cm³/mol. The number of rotatable bonds is 2. The lowest BCUT2D eigenvalue weighted by molar-refractivity contribution is 0.170. The van der Waals surface area contributed by atoms with Gasteiger partial charge in [0, 0.05) is 6.61 Å². The Kier molecular flexibility index (Phi) is 2.93. The monoisotopic (exact) mass is 234 g/mol. The first-order valence-corrected chi connectivity index (χ1v) is 6.42. The zero-order chi connectivity index (χ0) is 11.7. The van der Waals surface area contributed by atoms with E-state index in [-0.39, 0.29) is 6.61 Å². The molecule has 1 aromatic rings. The molecule has 0 bridgehead atoms. The Balaban J connectivity index is 1.98. The van der Waals surface area contributed by atoms with Crippen molar-refractivity contribution in [3.63, 3.8) is 0 Å². The first-order valence-electron chi connectivity index (χ1n) is 6.42. The molecule has 0 amide bonds. The van der Waals surface area contributed by atoms with Gasteiger partial charge in [0.1, 0.15) is 13.2 Å². The van der Waals surface area contributed by atoms with E-state index in [0.29, 0.717) is 19.1 Å². The maximum Gasteiger partial charge on any atom is 0.161 e. The van der Waals surface area contributed by atoms with Crippen molar-refractivity contribution in [1.82, 2.24) is 0 Å². The minimum atomic E-state index is 0.262. The molecule has 17 heavy (non-hydrogen) atoms. The fourth-order valence-corrected chi connectivity index (χ4v) is 2.89. The fraction of sp³-hybridized carbons (Fsp3) is 0.571. The Labute approximate surface area is 101 Å². The van der Waals surface area contributed by atoms with Gasteiger partial charge in [0.2, 0.25) is 0 Å². The summed E-state index contributed by atoms with van der Waals surface area (Å²) >= 11 is 0. The van der Waals surface area contributed by atoms with Crippen LogP contribution in [-0.2, 0) is 6.42 Å². The predicted octanol–water partition coefficient (Wildman–Crippen LogP) is 2.26. The zero-order valence-corrected chi connectivity index (χ0v) is 9.95. The van der Waals surface area contributed by atoms with Crippen LogP contribution in [0.15, 0.2) is 12.1 Å². The molecule has 1 aliphatic heterocycles. The molecule has 1 aliphatic carbocycles. The van der Waals surface area contributed by atoms with E-state index >= 15 is 0 Å². The number of benzene rings is 1. The van der Waals surface area contributed by atoms with Gasteiger partial charge in [-0.25, -0.2) is 0 Å². The molecule has 0 saturated carbocycles. The summed E-state index contributed by atoms with van der Waals surface area (Å²) in [6.07, 6.45) is 4.35. The number of hydrogen-bond acceptors (Lipinski definition) is 3. The van der Waals surface area contributed by atoms with Crippen LogP contribution in [0, 0.1) is 0 Å². The highest BCUT2D eigenvalue weighted by Gasteiger charge is 2.23. The average Bonchev–Trinajstić information content (AvgIpc) is 2.37. The fourth-order valence-electron chi connectivity index (χ4n) is 2.89. The second kappa shape index (κ2) is 4.57. The third kappa shape index (κ3) is 2.00. The number of hydrogen-bond donors (Lipinski definition) is 1. The van der Waals surface area contributed by atoms with Crippen molar-refractivity contribution < 1.29 is 14.6 Å². The first kappa shape index (κ1) is 10.9. The van der Waals surface area contributed by atoms with Crippen molar-refractivity contribution in [3.8, 4) is 11.5 Å². The van der Waals surface area contributed by atoms with Gasteiger partial charge in [-0.15, -0.1) is 0 Å². The summed E-state index contributed by atoms with van der Waals surface area (Å²) in [4.78, 5) is 0. The normalized spacial score (nSPS) is 22.1. The van der Waals surface area contributed by atoms with Crippen molar-refractivity contribution in [3.05, 3.63) is 23.3 Å². The molecule has 1 unspecified atom stereocenters. The SMILES string of the molecule is OCCC1CCCc2cc3c(cc21)OCCO3. The van der Waals surface area contributed by atoms with Crippen LogP contribution in [0.2, 0.25) is 0 Å². The van der Waals surface area contributed by atoms with Crippen molar-refractivity contribution >= 4 is 0 Å². The van der Waals surface area contributed by atoms with Gasteiger partial charge in [0.05, 0.1) is 0 Å². The molecule has 0 aromatic heterocycles. The van der Waals surface area contributed by atoms with Crippen molar-refractivity contribution in [2.24, 2.45) is 0 Å². The van der Waals surface area contributed by atoms with Crippen LogP contribution in [0.5, 0.6) is 11.5 Å². The topological polar surface area (TPSA) is 38.7 Å². The van der Waals surface area contributed by atoms with Crippen LogP contribution in [0.25, 0.3) is 0 Å². The summed E-state index contributed by atoms with van der Waals surface area (Å²) in [5, 5.41) is 9.13. The summed E-state index contributed by atoms with van der Waals surface area (Å²) < 4.78 is 11.2. The van der Waals surface area contributed by atoms with Gasteiger partial charge < -0.3 is 14.6 Å². The van der Waals surface area contributed by atoms with Gasteiger partial charge in [-0.3, -0.25) is 0 Å². The highest BCUT2D eigenvalue weighted by molar-refractivity contribution is 5.50. The maximum atomic E-state index is 9.13. The van der Waals surface area contributed by atoms with E-state index in [1.165, 1.54) is 24.0 Å². The zero-order valence-electron chi connectivity index (χ0n) is 9.95. The van der Waals surface area contributed by atoms with E-state index in [0.717, 1.165) is 24.3 Å². The summed E-state index contributed by atoms with van der Waals surface area (Å²) in [5.74, 6) is 2.25. The van der Waals surface area contributed by atoms with Crippen LogP contribution in [0.4, 0.5) is 0 Å². The third-order valence-corrected chi connectivity index (χ3v) is 3.72. The Bertz CT molecular complexity index is 414. The quantitative estimate of drug-likeness (QED) is 0.853. The van der Waals surface area contributed by atoms with E-state index < -0.39 is 0 Å². The number of aliphatic hydroxyl groups is 1. The van der Waals surface area contributed by atoms with Crippen LogP contribution in [-0.4, -0.2) is 24.9 Å². The van der Waals surface area contributed by atoms with Gasteiger partial charge in [-0.2, -0.15) is 0 Å². The molecule has 92 valence electrons. The van der Waals surface area contributed by atoms with Gasteiger partial charge in [-0.05, 0) is 54.9 Å². The van der Waals surface area contributed by atoms with Gasteiger partial charge in [-0.1, -0.05) is 0 Å². The minimum absolute atomic E-state index is 0.262. The second-order valence-corrected chi connectivity index (χ2v) is 4.80. The second-order valence-electron chi connectivity index (χ2n) is 4.80. The molecule has 1 N–H and O–H groups in total. The lowest BCUT2D eigenvalue weighted by Crippen LogP contribution is -2.18. The smallest absolute Gasteiger partial charge is 0.161 e. The average molecular weight is 234 g/mol. The number of fused-ring (bicyclic) bond motifs is 2. The van der Waals surface area contributed by atoms with E-state index in [2.05, 4.69) is 12.1 Å². The Hall–Kier alpha value is -1.22. The van der Waals surface area contributed by atoms with Gasteiger partial charge >= 0.3 is 0 Å². The van der Waals surface area contributed by atoms with Crippen molar-refractivity contribution in [2.75, 3.05) is 19.8 Å². The van der Waals surface area contributed by atoms with Crippen LogP contribution >= 0.6 is 0 Å². The van der Waals surface area contributed by atoms with Crippen molar-refractivity contribution in [1.29, 1.82) is 0 Å². The minimum Gasteiger partial charge on any atom is -0.486 e. The van der Waals surface area contributed by atoms with Crippen LogP contribution in [0.3, 0.4) is 0 Å². The lowest BCUT2D eigenvalue weighted by Gasteiger charge is -2.28. The summed E-state index contributed by atoms with van der Waals surface area (Å²) in [6, 6.07) is 4.26. The van der Waals surface area contributed by atoms with Gasteiger partial charge in [0.25, 0.3) is 0 Å². The maximum absolute atomic E-state index is 9.13. The number of aryl methyl sites for hydroxylation is 1. The number of aliphatic hydroxyl groups excluding tert-OH is 1. The van der Waals surface area contributed by atoms with E-state index in [4.69, 9.17) is 14.6 Å². The molecule has 1 atom stereocenters. The van der Waals surface area contributed by atoms with E-state index in [1.54, 1.807) is 0 Å². The third-order valence-electron chi connectivity index (χ3n) is 3.72. The van der Waals surface area contributed by atoms with Crippen LogP contribution < -0.4 is 9.47 Å². The molecule has 1 aromatic carbocycles. The van der Waals surface area contributed by atoms with E-state index in [1.807, 2.05) is 0 Å². The Morgan fingerprint density at radius 1 is 1.18 bits per heavy atom. The molecule has 0 fully saturated rings. The molecule has 3 rings (SSSR count). The molecule has 1 heterocycles. The molecule has 3 heteroatoms. The Morgan fingerprint density at radius 3 is 2.71 bits per heavy atom. The molecule has 0 radical (unpaired) electrons. The summed E-state index contributed by atoms with van der Waals surface area (Å²) in [7, 11) is 0. The number of ether oxygens (including phenoxy) is 2. The van der Waals surface area contributed by atoms with E-state index in [9.17, 15) is 0 Å². The van der Waals surface area contributed by atoms with Crippen molar-refractivity contribution in [2.45, 2.75) is 31.6 Å². The van der Waals surface area contributed by atoms with Crippen LogP contribution in [0.1, 0.15) is 36.3 Å². The molecule has 3 nitrogen and oxygen atoms in total. The molecular weight excluding hydrogens is 216 g/mol. The lowest BCUT2D eigenvalue weighted by atomic mass is 9.81. The standard InChI is InChI=1S/C14H18O3/c15-5-4-10-2-1-3-11-8-13-14(9-12(10)11)17-7-6-16-13/h8-10,15H,1-7H2. The Morgan fingerprint density at radius 2 is 1.94 bits per heavy atom. The van der Waals surface area contributed by atoms with Gasteiger partial charge in [0.15, 0.2) is 11.5 Å². The first-order chi connectivity index (χ1) is 8.38. The molecule has 0 saturated heterocycles. The molecule has 0 spiro atoms. The highest BCUT2D eigenvalue weighted by atomic mass is 16.6. The molecule has 2 aliphatic rings. The summed E-state index contributed by atoms with van der Waals surface area (Å²) in [6.45, 7) is 1.54.